The summed E-state index contributed by atoms with van der Waals surface area (Å²) in [6.45, 7) is 1.54. The van der Waals surface area contributed by atoms with Crippen molar-refractivity contribution in [3.05, 3.63) is 28.4 Å². The number of anilines is 1. The molecule has 94 valence electrons. The maximum Gasteiger partial charge on any atom is 0.363 e. The van der Waals surface area contributed by atoms with Crippen molar-refractivity contribution in [3.8, 4) is 0 Å². The Labute approximate surface area is 98.8 Å². The third kappa shape index (κ3) is 3.97. The molecule has 0 spiro atoms. The van der Waals surface area contributed by atoms with Crippen LogP contribution in [0.3, 0.4) is 0 Å². The Morgan fingerprint density at radius 3 is 2.76 bits per heavy atom. The van der Waals surface area contributed by atoms with E-state index in [9.17, 15) is 10.1 Å². The molecule has 0 saturated heterocycles. The number of ether oxygens (including phenoxy) is 1. The van der Waals surface area contributed by atoms with Crippen molar-refractivity contribution in [3.63, 3.8) is 0 Å². The molecular weight excluding hydrogens is 226 g/mol. The molecule has 1 N–H and O–H groups in total. The van der Waals surface area contributed by atoms with Gasteiger partial charge < -0.3 is 24.9 Å². The maximum absolute atomic E-state index is 10.4. The molecule has 1 aromatic heterocycles. The Bertz CT molecular complexity index is 355. The van der Waals surface area contributed by atoms with Crippen molar-refractivity contribution in [1.82, 2.24) is 4.98 Å². The number of aliphatic hydroxyl groups excluding tert-OH is 1. The van der Waals surface area contributed by atoms with Crippen LogP contribution >= 0.6 is 0 Å². The summed E-state index contributed by atoms with van der Waals surface area (Å²) in [5.74, 6) is -0.190. The lowest BCUT2D eigenvalue weighted by Gasteiger charge is -2.21. The smallest absolute Gasteiger partial charge is 0.363 e. The Hall–Kier alpha value is -1.73. The number of aromatic nitrogens is 1. The van der Waals surface area contributed by atoms with Crippen LogP contribution in [0.15, 0.2) is 18.3 Å². The van der Waals surface area contributed by atoms with Gasteiger partial charge in [-0.15, -0.1) is 0 Å². The number of pyridine rings is 1. The highest BCUT2D eigenvalue weighted by molar-refractivity contribution is 5.46. The molecule has 0 fully saturated rings. The third-order valence-corrected chi connectivity index (χ3v) is 2.22. The normalized spacial score (nSPS) is 10.2. The number of rotatable bonds is 7. The number of aliphatic hydroxyl groups is 1. The molecule has 17 heavy (non-hydrogen) atoms. The van der Waals surface area contributed by atoms with Crippen molar-refractivity contribution >= 4 is 11.5 Å². The molecule has 0 aliphatic rings. The van der Waals surface area contributed by atoms with Gasteiger partial charge in [-0.3, -0.25) is 0 Å². The Morgan fingerprint density at radius 1 is 1.53 bits per heavy atom. The zero-order chi connectivity index (χ0) is 12.7. The molecule has 0 amide bonds. The predicted octanol–water partition coefficient (Wildman–Crippen LogP) is 0.435. The third-order valence-electron chi connectivity index (χ3n) is 2.22. The molecule has 0 atom stereocenters. The first-order valence-electron chi connectivity index (χ1n) is 5.14. The monoisotopic (exact) mass is 241 g/mol. The number of hydrogen-bond donors (Lipinski definition) is 1. The molecule has 1 rings (SSSR count). The average molecular weight is 241 g/mol. The van der Waals surface area contributed by atoms with Crippen LogP contribution in [0.25, 0.3) is 0 Å². The van der Waals surface area contributed by atoms with E-state index < -0.39 is 4.92 Å². The fraction of sp³-hybridized carbons (Fsp3) is 0.500. The van der Waals surface area contributed by atoms with Crippen LogP contribution in [0.2, 0.25) is 0 Å². The molecule has 1 aromatic rings. The van der Waals surface area contributed by atoms with Gasteiger partial charge in [0.05, 0.1) is 18.9 Å². The van der Waals surface area contributed by atoms with E-state index in [-0.39, 0.29) is 12.4 Å². The summed E-state index contributed by atoms with van der Waals surface area (Å²) >= 11 is 0. The molecule has 0 bridgehead atoms. The summed E-state index contributed by atoms with van der Waals surface area (Å²) in [4.78, 5) is 15.5. The van der Waals surface area contributed by atoms with Gasteiger partial charge in [0, 0.05) is 26.3 Å². The molecule has 0 aromatic carbocycles. The second kappa shape index (κ2) is 6.77. The highest BCUT2D eigenvalue weighted by Gasteiger charge is 2.11. The average Bonchev–Trinajstić information content (AvgIpc) is 2.34. The summed E-state index contributed by atoms with van der Waals surface area (Å²) in [7, 11) is 1.59. The van der Waals surface area contributed by atoms with Crippen LogP contribution in [0.5, 0.6) is 0 Å². The van der Waals surface area contributed by atoms with Gasteiger partial charge in [-0.05, 0) is 16.0 Å². The van der Waals surface area contributed by atoms with Crippen molar-refractivity contribution < 1.29 is 14.8 Å². The van der Waals surface area contributed by atoms with E-state index in [2.05, 4.69) is 4.98 Å². The minimum Gasteiger partial charge on any atom is -0.395 e. The number of nitrogens with zero attached hydrogens (tertiary/aromatic N) is 3. The van der Waals surface area contributed by atoms with E-state index in [1.165, 1.54) is 12.3 Å². The molecule has 0 radical (unpaired) electrons. The van der Waals surface area contributed by atoms with E-state index in [1.807, 2.05) is 4.90 Å². The standard InChI is InChI=1S/C10H15N3O4/c1-17-7-5-12(4-6-14)9-2-3-10(11-8-9)13(15)16/h2-3,8,14H,4-7H2,1H3. The Balaban J connectivity index is 2.75. The first-order chi connectivity index (χ1) is 8.19. The minimum absolute atomic E-state index is 0.000696. The summed E-state index contributed by atoms with van der Waals surface area (Å²) in [5.41, 5.74) is 0.724. The van der Waals surface area contributed by atoms with Crippen LogP contribution in [-0.2, 0) is 4.74 Å². The quantitative estimate of drug-likeness (QED) is 0.550. The van der Waals surface area contributed by atoms with Crippen molar-refractivity contribution in [2.45, 2.75) is 0 Å². The molecule has 0 aliphatic heterocycles. The maximum atomic E-state index is 10.4. The van der Waals surface area contributed by atoms with Crippen LogP contribution in [-0.4, -0.2) is 48.4 Å². The second-order valence-corrected chi connectivity index (χ2v) is 3.34. The topological polar surface area (TPSA) is 88.7 Å². The van der Waals surface area contributed by atoms with Gasteiger partial charge in [0.15, 0.2) is 6.20 Å². The van der Waals surface area contributed by atoms with E-state index in [4.69, 9.17) is 9.84 Å². The Kier molecular flexibility index (Phi) is 5.31. The number of hydrogen-bond acceptors (Lipinski definition) is 6. The second-order valence-electron chi connectivity index (χ2n) is 3.34. The van der Waals surface area contributed by atoms with Gasteiger partial charge in [0.1, 0.15) is 0 Å². The van der Waals surface area contributed by atoms with E-state index in [0.717, 1.165) is 5.69 Å². The van der Waals surface area contributed by atoms with Crippen molar-refractivity contribution in [1.29, 1.82) is 0 Å². The first kappa shape index (κ1) is 13.3. The molecule has 0 aliphatic carbocycles. The molecule has 0 saturated carbocycles. The largest absolute Gasteiger partial charge is 0.395 e. The molecular formula is C10H15N3O4. The molecule has 0 unspecified atom stereocenters. The lowest BCUT2D eigenvalue weighted by atomic mass is 10.3. The molecule has 7 nitrogen and oxygen atoms in total. The minimum atomic E-state index is -0.546. The number of nitro groups is 1. The van der Waals surface area contributed by atoms with Crippen LogP contribution in [0, 0.1) is 10.1 Å². The van der Waals surface area contributed by atoms with Gasteiger partial charge in [-0.2, -0.15) is 0 Å². The summed E-state index contributed by atoms with van der Waals surface area (Å²) < 4.78 is 4.95. The van der Waals surface area contributed by atoms with Crippen LogP contribution < -0.4 is 4.90 Å². The van der Waals surface area contributed by atoms with E-state index in [0.29, 0.717) is 19.7 Å². The number of methoxy groups -OCH3 is 1. The zero-order valence-electron chi connectivity index (χ0n) is 9.57. The van der Waals surface area contributed by atoms with Crippen LogP contribution in [0.4, 0.5) is 11.5 Å². The SMILES string of the molecule is COCCN(CCO)c1ccc([N+](=O)[O-])nc1. The van der Waals surface area contributed by atoms with Gasteiger partial charge in [0.25, 0.3) is 0 Å². The summed E-state index contributed by atoms with van der Waals surface area (Å²) in [5, 5.41) is 19.4. The van der Waals surface area contributed by atoms with E-state index >= 15 is 0 Å². The fourth-order valence-corrected chi connectivity index (χ4v) is 1.37. The lowest BCUT2D eigenvalue weighted by molar-refractivity contribution is -0.389. The summed E-state index contributed by atoms with van der Waals surface area (Å²) in [6.07, 6.45) is 1.42. The van der Waals surface area contributed by atoms with Gasteiger partial charge in [0.2, 0.25) is 0 Å². The molecule has 1 heterocycles. The van der Waals surface area contributed by atoms with E-state index in [1.54, 1.807) is 13.2 Å². The highest BCUT2D eigenvalue weighted by atomic mass is 16.6. The van der Waals surface area contributed by atoms with Crippen molar-refractivity contribution in [2.75, 3.05) is 38.3 Å². The lowest BCUT2D eigenvalue weighted by Crippen LogP contribution is -2.30. The Morgan fingerprint density at radius 2 is 2.29 bits per heavy atom. The van der Waals surface area contributed by atoms with Crippen LogP contribution in [0.1, 0.15) is 0 Å². The highest BCUT2D eigenvalue weighted by Crippen LogP contribution is 2.15. The predicted molar refractivity (Wildman–Crippen MR) is 62.1 cm³/mol. The zero-order valence-corrected chi connectivity index (χ0v) is 9.57. The van der Waals surface area contributed by atoms with Crippen molar-refractivity contribution in [2.24, 2.45) is 0 Å². The fourth-order valence-electron chi connectivity index (χ4n) is 1.37. The van der Waals surface area contributed by atoms with Gasteiger partial charge in [-0.25, -0.2) is 0 Å². The van der Waals surface area contributed by atoms with Gasteiger partial charge in [-0.1, -0.05) is 0 Å². The molecule has 7 heteroatoms. The summed E-state index contributed by atoms with van der Waals surface area (Å²) in [6, 6.07) is 2.95. The van der Waals surface area contributed by atoms with Gasteiger partial charge >= 0.3 is 5.82 Å². The first-order valence-corrected chi connectivity index (χ1v) is 5.14.